The molecule has 0 radical (unpaired) electrons. The molecule has 0 aromatic heterocycles. The quantitative estimate of drug-likeness (QED) is 0.722. The normalized spacial score (nSPS) is 34.0. The number of nitrogens with one attached hydrogen (secondary N) is 1. The first-order valence-corrected chi connectivity index (χ1v) is 11.2. The van der Waals surface area contributed by atoms with Crippen molar-refractivity contribution in [3.05, 3.63) is 28.8 Å². The van der Waals surface area contributed by atoms with Gasteiger partial charge in [0.1, 0.15) is 0 Å². The van der Waals surface area contributed by atoms with Crippen molar-refractivity contribution in [3.8, 4) is 0 Å². The Hall–Kier alpha value is -0.790. The largest absolute Gasteiger partial charge is 0.417 e. The molecular formula is C19H23ClF3NO2S. The van der Waals surface area contributed by atoms with E-state index in [-0.39, 0.29) is 10.4 Å². The Labute approximate surface area is 162 Å². The minimum Gasteiger partial charge on any atom is -0.208 e. The first kappa shape index (κ1) is 19.5. The van der Waals surface area contributed by atoms with E-state index in [0.29, 0.717) is 23.8 Å². The van der Waals surface area contributed by atoms with E-state index in [4.69, 9.17) is 11.6 Å². The van der Waals surface area contributed by atoms with Crippen LogP contribution in [0.3, 0.4) is 0 Å². The third-order valence-electron chi connectivity index (χ3n) is 6.87. The molecule has 0 aliphatic heterocycles. The van der Waals surface area contributed by atoms with Crippen LogP contribution in [0.15, 0.2) is 23.1 Å². The lowest BCUT2D eigenvalue weighted by atomic mass is 9.48. The van der Waals surface area contributed by atoms with Gasteiger partial charge in [0.2, 0.25) is 10.0 Å². The Balaban J connectivity index is 1.63. The first-order chi connectivity index (χ1) is 12.5. The summed E-state index contributed by atoms with van der Waals surface area (Å²) in [4.78, 5) is -0.754. The van der Waals surface area contributed by atoms with Crippen molar-refractivity contribution in [1.29, 1.82) is 0 Å². The molecule has 0 heterocycles. The highest BCUT2D eigenvalue weighted by Gasteiger charge is 2.54. The molecule has 1 N–H and O–H groups in total. The maximum Gasteiger partial charge on any atom is 0.417 e. The van der Waals surface area contributed by atoms with Gasteiger partial charge in [0, 0.05) is 11.1 Å². The van der Waals surface area contributed by atoms with E-state index < -0.39 is 32.7 Å². The van der Waals surface area contributed by atoms with E-state index in [0.717, 1.165) is 25.3 Å². The van der Waals surface area contributed by atoms with Gasteiger partial charge < -0.3 is 0 Å². The smallest absolute Gasteiger partial charge is 0.208 e. The molecule has 4 bridgehead atoms. The van der Waals surface area contributed by atoms with E-state index in [9.17, 15) is 21.6 Å². The van der Waals surface area contributed by atoms with Crippen molar-refractivity contribution in [3.63, 3.8) is 0 Å². The van der Waals surface area contributed by atoms with E-state index in [1.54, 1.807) is 0 Å². The second kappa shape index (κ2) is 6.36. The van der Waals surface area contributed by atoms with Gasteiger partial charge in [-0.15, -0.1) is 0 Å². The fraction of sp³-hybridized carbons (Fsp3) is 0.684. The summed E-state index contributed by atoms with van der Waals surface area (Å²) in [5.74, 6) is 1.89. The molecule has 4 fully saturated rings. The SMILES string of the molecule is C[C@H](NS(=O)(=O)c1ccc(Cl)cc1C(F)(F)F)C12CC3CC(CC(C3)C1)C2. The minimum atomic E-state index is -4.79. The Morgan fingerprint density at radius 2 is 1.63 bits per heavy atom. The minimum absolute atomic E-state index is 0.132. The molecule has 1 aromatic carbocycles. The molecule has 5 rings (SSSR count). The second-order valence-corrected chi connectivity index (χ2v) is 10.9. The molecule has 4 aliphatic carbocycles. The van der Waals surface area contributed by atoms with Crippen LogP contribution < -0.4 is 4.72 Å². The fourth-order valence-corrected chi connectivity index (χ4v) is 7.81. The van der Waals surface area contributed by atoms with Crippen molar-refractivity contribution in [2.24, 2.45) is 23.2 Å². The molecule has 150 valence electrons. The lowest BCUT2D eigenvalue weighted by Crippen LogP contribution is -2.55. The summed E-state index contributed by atoms with van der Waals surface area (Å²) < 4.78 is 68.4. The standard InChI is InChI=1S/C19H23ClF3NO2S/c1-11(18-8-12-4-13(9-18)6-14(5-12)10-18)24-27(25,26)17-3-2-15(20)7-16(17)19(21,22)23/h2-3,7,11-14,24H,4-6,8-10H2,1H3/t11-,12?,13?,14?,18?/m0/s1. The predicted octanol–water partition coefficient (Wildman–Crippen LogP) is 5.24. The average molecular weight is 422 g/mol. The molecule has 0 unspecified atom stereocenters. The van der Waals surface area contributed by atoms with Gasteiger partial charge in [-0.3, -0.25) is 0 Å². The Morgan fingerprint density at radius 3 is 2.11 bits per heavy atom. The molecule has 3 nitrogen and oxygen atoms in total. The molecule has 8 heteroatoms. The van der Waals surface area contributed by atoms with Gasteiger partial charge in [-0.1, -0.05) is 11.6 Å². The van der Waals surface area contributed by atoms with E-state index >= 15 is 0 Å². The molecule has 1 atom stereocenters. The number of rotatable bonds is 4. The van der Waals surface area contributed by atoms with Gasteiger partial charge in [0.15, 0.2) is 0 Å². The fourth-order valence-electron chi connectivity index (χ4n) is 6.09. The van der Waals surface area contributed by atoms with Gasteiger partial charge in [-0.05, 0) is 86.8 Å². The van der Waals surface area contributed by atoms with E-state index in [1.165, 1.54) is 25.3 Å². The van der Waals surface area contributed by atoms with Crippen molar-refractivity contribution in [2.75, 3.05) is 0 Å². The zero-order chi connectivity index (χ0) is 19.6. The summed E-state index contributed by atoms with van der Waals surface area (Å²) >= 11 is 5.67. The summed E-state index contributed by atoms with van der Waals surface area (Å²) in [7, 11) is -4.31. The van der Waals surface area contributed by atoms with Gasteiger partial charge >= 0.3 is 6.18 Å². The van der Waals surface area contributed by atoms with Crippen LogP contribution in [0.1, 0.15) is 51.0 Å². The average Bonchev–Trinajstić information content (AvgIpc) is 2.52. The molecule has 27 heavy (non-hydrogen) atoms. The zero-order valence-corrected chi connectivity index (χ0v) is 16.6. The van der Waals surface area contributed by atoms with Crippen molar-refractivity contribution >= 4 is 21.6 Å². The van der Waals surface area contributed by atoms with Crippen molar-refractivity contribution < 1.29 is 21.6 Å². The monoisotopic (exact) mass is 421 g/mol. The summed E-state index contributed by atoms with van der Waals surface area (Å²) in [5.41, 5.74) is -1.35. The van der Waals surface area contributed by atoms with Crippen LogP contribution >= 0.6 is 11.6 Å². The highest BCUT2D eigenvalue weighted by atomic mass is 35.5. The molecule has 0 spiro atoms. The van der Waals surface area contributed by atoms with Crippen LogP contribution in [0.25, 0.3) is 0 Å². The summed E-state index contributed by atoms with van der Waals surface area (Å²) in [5, 5.41) is -0.143. The van der Waals surface area contributed by atoms with Gasteiger partial charge in [-0.2, -0.15) is 13.2 Å². The molecule has 0 amide bonds. The molecule has 1 aromatic rings. The number of alkyl halides is 3. The van der Waals surface area contributed by atoms with Crippen molar-refractivity contribution in [2.45, 2.75) is 62.6 Å². The zero-order valence-electron chi connectivity index (χ0n) is 15.0. The molecule has 4 saturated carbocycles. The summed E-state index contributed by atoms with van der Waals surface area (Å²) in [6.45, 7) is 1.81. The lowest BCUT2D eigenvalue weighted by Gasteiger charge is -2.59. The Kier molecular flexibility index (Phi) is 4.60. The van der Waals surface area contributed by atoms with Crippen LogP contribution in [-0.2, 0) is 16.2 Å². The van der Waals surface area contributed by atoms with Crippen LogP contribution in [0.2, 0.25) is 5.02 Å². The third-order valence-corrected chi connectivity index (χ3v) is 8.71. The maximum absolute atomic E-state index is 13.4. The number of sulfonamides is 1. The second-order valence-electron chi connectivity index (χ2n) is 8.76. The first-order valence-electron chi connectivity index (χ1n) is 9.38. The number of benzene rings is 1. The van der Waals surface area contributed by atoms with Crippen LogP contribution in [0, 0.1) is 23.2 Å². The van der Waals surface area contributed by atoms with Crippen LogP contribution in [0.4, 0.5) is 13.2 Å². The molecule has 0 saturated heterocycles. The molecule has 4 aliphatic rings. The molecular weight excluding hydrogens is 399 g/mol. The van der Waals surface area contributed by atoms with E-state index in [2.05, 4.69) is 4.72 Å². The van der Waals surface area contributed by atoms with Gasteiger partial charge in [-0.25, -0.2) is 13.1 Å². The van der Waals surface area contributed by atoms with Gasteiger partial charge in [0.05, 0.1) is 10.5 Å². The van der Waals surface area contributed by atoms with Crippen molar-refractivity contribution in [1.82, 2.24) is 4.72 Å². The highest BCUT2D eigenvalue weighted by molar-refractivity contribution is 7.89. The number of hydrogen-bond acceptors (Lipinski definition) is 2. The number of halogens is 4. The number of hydrogen-bond donors (Lipinski definition) is 1. The lowest BCUT2D eigenvalue weighted by molar-refractivity contribution is -0.139. The summed E-state index contributed by atoms with van der Waals surface area (Å²) in [6.07, 6.45) is 1.76. The third kappa shape index (κ3) is 3.51. The highest BCUT2D eigenvalue weighted by Crippen LogP contribution is 2.61. The van der Waals surface area contributed by atoms with E-state index in [1.807, 2.05) is 6.92 Å². The van der Waals surface area contributed by atoms with Crippen LogP contribution in [-0.4, -0.2) is 14.5 Å². The maximum atomic E-state index is 13.4. The Bertz CT molecular complexity index is 818. The van der Waals surface area contributed by atoms with Gasteiger partial charge in [0.25, 0.3) is 0 Å². The predicted molar refractivity (Wildman–Crippen MR) is 96.8 cm³/mol. The summed E-state index contributed by atoms with van der Waals surface area (Å²) in [6, 6.07) is 2.40. The Morgan fingerprint density at radius 1 is 1.11 bits per heavy atom. The van der Waals surface area contributed by atoms with Crippen LogP contribution in [0.5, 0.6) is 0 Å². The topological polar surface area (TPSA) is 46.2 Å².